The number of hydrogen-bond acceptors (Lipinski definition) is 5. The fourth-order valence-electron chi connectivity index (χ4n) is 1.60. The van der Waals surface area contributed by atoms with Gasteiger partial charge in [-0.15, -0.1) is 0 Å². The number of pyridine rings is 1. The second-order valence-corrected chi connectivity index (χ2v) is 4.27. The summed E-state index contributed by atoms with van der Waals surface area (Å²) in [6.07, 6.45) is 2.83. The van der Waals surface area contributed by atoms with Gasteiger partial charge in [0.1, 0.15) is 5.82 Å². The molecule has 0 unspecified atom stereocenters. The monoisotopic (exact) mass is 261 g/mol. The summed E-state index contributed by atoms with van der Waals surface area (Å²) in [6.45, 7) is 3.27. The summed E-state index contributed by atoms with van der Waals surface area (Å²) < 4.78 is 7.25. The van der Waals surface area contributed by atoms with Crippen LogP contribution >= 0.6 is 0 Å². The average Bonchev–Trinajstić information content (AvgIpc) is 2.82. The van der Waals surface area contributed by atoms with Crippen LogP contribution in [0, 0.1) is 0 Å². The fraction of sp³-hybridized carbons (Fsp3) is 0.385. The highest BCUT2D eigenvalue weighted by molar-refractivity contribution is 5.53. The molecule has 0 aromatic carbocycles. The molecule has 3 N–H and O–H groups in total. The Hall–Kier alpha value is -2.24. The average molecular weight is 261 g/mol. The lowest BCUT2D eigenvalue weighted by atomic mass is 10.3. The Morgan fingerprint density at radius 3 is 2.89 bits per heavy atom. The van der Waals surface area contributed by atoms with Gasteiger partial charge in [0.25, 0.3) is 0 Å². The van der Waals surface area contributed by atoms with E-state index in [1.807, 2.05) is 32.3 Å². The Morgan fingerprint density at radius 1 is 1.37 bits per heavy atom. The second kappa shape index (κ2) is 6.08. The molecule has 0 aliphatic heterocycles. The van der Waals surface area contributed by atoms with Crippen molar-refractivity contribution in [2.24, 2.45) is 7.05 Å². The molecular formula is C13H19N5O. The van der Waals surface area contributed by atoms with Gasteiger partial charge in [-0.2, -0.15) is 10.1 Å². The van der Waals surface area contributed by atoms with E-state index in [0.717, 1.165) is 17.9 Å². The molecule has 0 aliphatic carbocycles. The maximum absolute atomic E-state index is 5.81. The summed E-state index contributed by atoms with van der Waals surface area (Å²) in [5, 5.41) is 7.48. The minimum atomic E-state index is 0.480. The summed E-state index contributed by atoms with van der Waals surface area (Å²) in [6, 6.07) is 5.58. The Kier molecular flexibility index (Phi) is 4.22. The number of aromatic nitrogens is 3. The van der Waals surface area contributed by atoms with Gasteiger partial charge in [0.2, 0.25) is 5.88 Å². The summed E-state index contributed by atoms with van der Waals surface area (Å²) in [4.78, 5) is 4.34. The van der Waals surface area contributed by atoms with E-state index in [-0.39, 0.29) is 0 Å². The summed E-state index contributed by atoms with van der Waals surface area (Å²) >= 11 is 0. The molecule has 0 spiro atoms. The van der Waals surface area contributed by atoms with E-state index < -0.39 is 0 Å². The molecule has 6 nitrogen and oxygen atoms in total. The summed E-state index contributed by atoms with van der Waals surface area (Å²) in [5.74, 6) is 1.21. The lowest BCUT2D eigenvalue weighted by Gasteiger charge is -2.09. The molecule has 6 heteroatoms. The minimum Gasteiger partial charge on any atom is -0.476 e. The largest absolute Gasteiger partial charge is 0.476 e. The van der Waals surface area contributed by atoms with Crippen molar-refractivity contribution in [2.45, 2.75) is 19.9 Å². The van der Waals surface area contributed by atoms with Crippen LogP contribution in [0.5, 0.6) is 5.88 Å². The van der Waals surface area contributed by atoms with Crippen LogP contribution in [0.3, 0.4) is 0 Å². The summed E-state index contributed by atoms with van der Waals surface area (Å²) in [5.41, 5.74) is 7.32. The number of nitrogens with zero attached hydrogens (tertiary/aromatic N) is 3. The predicted octanol–water partition coefficient (Wildman–Crippen LogP) is 1.80. The molecule has 2 aromatic heterocycles. The molecule has 102 valence electrons. The molecule has 2 rings (SSSR count). The predicted molar refractivity (Wildman–Crippen MR) is 75.0 cm³/mol. The third-order valence-corrected chi connectivity index (χ3v) is 2.55. The van der Waals surface area contributed by atoms with Gasteiger partial charge in [0.15, 0.2) is 0 Å². The number of nitrogens with one attached hydrogen (secondary N) is 1. The van der Waals surface area contributed by atoms with Crippen LogP contribution in [-0.2, 0) is 13.6 Å². The van der Waals surface area contributed by atoms with Gasteiger partial charge in [-0.1, -0.05) is 6.92 Å². The third-order valence-electron chi connectivity index (χ3n) is 2.55. The number of nitrogens with two attached hydrogens (primary N) is 1. The van der Waals surface area contributed by atoms with Gasteiger partial charge < -0.3 is 15.8 Å². The van der Waals surface area contributed by atoms with Crippen molar-refractivity contribution in [3.8, 4) is 5.88 Å². The standard InChI is InChI=1S/C13H19N5O/c1-3-8-19-13-11(14)4-5-12(16-13)15-9-10-6-7-18(2)17-10/h4-7H,3,8-9,14H2,1-2H3,(H,15,16). The van der Waals surface area contributed by atoms with E-state index in [0.29, 0.717) is 24.7 Å². The number of rotatable bonds is 6. The highest BCUT2D eigenvalue weighted by atomic mass is 16.5. The smallest absolute Gasteiger partial charge is 0.239 e. The second-order valence-electron chi connectivity index (χ2n) is 4.27. The van der Waals surface area contributed by atoms with Gasteiger partial charge in [-0.25, -0.2) is 0 Å². The van der Waals surface area contributed by atoms with Crippen LogP contribution < -0.4 is 15.8 Å². The van der Waals surface area contributed by atoms with E-state index in [1.165, 1.54) is 0 Å². The van der Waals surface area contributed by atoms with Gasteiger partial charge in [-0.05, 0) is 24.6 Å². The number of nitrogen functional groups attached to an aromatic ring is 1. The fourth-order valence-corrected chi connectivity index (χ4v) is 1.60. The molecule has 0 fully saturated rings. The van der Waals surface area contributed by atoms with Crippen molar-refractivity contribution >= 4 is 11.5 Å². The Balaban J connectivity index is 2.00. The van der Waals surface area contributed by atoms with E-state index in [4.69, 9.17) is 10.5 Å². The van der Waals surface area contributed by atoms with Gasteiger partial charge in [-0.3, -0.25) is 4.68 Å². The number of anilines is 2. The molecular weight excluding hydrogens is 242 g/mol. The van der Waals surface area contributed by atoms with Gasteiger partial charge in [0, 0.05) is 13.2 Å². The SMILES string of the molecule is CCCOc1nc(NCc2ccn(C)n2)ccc1N. The normalized spacial score (nSPS) is 10.4. The molecule has 0 saturated carbocycles. The topological polar surface area (TPSA) is 78.0 Å². The van der Waals surface area contributed by atoms with Crippen LogP contribution in [-0.4, -0.2) is 21.4 Å². The van der Waals surface area contributed by atoms with Crippen molar-refractivity contribution in [1.29, 1.82) is 0 Å². The van der Waals surface area contributed by atoms with E-state index >= 15 is 0 Å². The zero-order chi connectivity index (χ0) is 13.7. The lowest BCUT2D eigenvalue weighted by molar-refractivity contribution is 0.307. The van der Waals surface area contributed by atoms with Crippen molar-refractivity contribution in [1.82, 2.24) is 14.8 Å². The first-order valence-electron chi connectivity index (χ1n) is 6.30. The Labute approximate surface area is 112 Å². The lowest BCUT2D eigenvalue weighted by Crippen LogP contribution is -2.06. The maximum atomic E-state index is 5.81. The highest BCUT2D eigenvalue weighted by Crippen LogP contribution is 2.21. The van der Waals surface area contributed by atoms with Crippen LogP contribution in [0.2, 0.25) is 0 Å². The van der Waals surface area contributed by atoms with Crippen LogP contribution in [0.25, 0.3) is 0 Å². The quantitative estimate of drug-likeness (QED) is 0.829. The molecule has 2 heterocycles. The van der Waals surface area contributed by atoms with Crippen molar-refractivity contribution in [3.63, 3.8) is 0 Å². The third kappa shape index (κ3) is 3.61. The van der Waals surface area contributed by atoms with Crippen LogP contribution in [0.1, 0.15) is 19.0 Å². The molecule has 0 saturated heterocycles. The Bertz CT molecular complexity index is 538. The molecule has 0 atom stereocenters. The zero-order valence-corrected chi connectivity index (χ0v) is 11.3. The van der Waals surface area contributed by atoms with Gasteiger partial charge in [0.05, 0.1) is 24.5 Å². The first kappa shape index (κ1) is 13.2. The van der Waals surface area contributed by atoms with E-state index in [2.05, 4.69) is 15.4 Å². The van der Waals surface area contributed by atoms with E-state index in [1.54, 1.807) is 10.7 Å². The van der Waals surface area contributed by atoms with E-state index in [9.17, 15) is 0 Å². The van der Waals surface area contributed by atoms with Gasteiger partial charge >= 0.3 is 0 Å². The van der Waals surface area contributed by atoms with Crippen molar-refractivity contribution < 1.29 is 4.74 Å². The molecule has 2 aromatic rings. The minimum absolute atomic E-state index is 0.480. The van der Waals surface area contributed by atoms with Crippen LogP contribution in [0.15, 0.2) is 24.4 Å². The number of aryl methyl sites for hydroxylation is 1. The molecule has 0 bridgehead atoms. The first-order chi connectivity index (χ1) is 9.19. The number of ether oxygens (including phenoxy) is 1. The first-order valence-corrected chi connectivity index (χ1v) is 6.30. The Morgan fingerprint density at radius 2 is 2.21 bits per heavy atom. The highest BCUT2D eigenvalue weighted by Gasteiger charge is 2.04. The number of hydrogen-bond donors (Lipinski definition) is 2. The molecule has 0 amide bonds. The van der Waals surface area contributed by atoms with Crippen LogP contribution in [0.4, 0.5) is 11.5 Å². The molecule has 0 aliphatic rings. The maximum Gasteiger partial charge on any atom is 0.239 e. The summed E-state index contributed by atoms with van der Waals surface area (Å²) in [7, 11) is 1.89. The van der Waals surface area contributed by atoms with Crippen molar-refractivity contribution in [2.75, 3.05) is 17.7 Å². The molecule has 0 radical (unpaired) electrons. The van der Waals surface area contributed by atoms with Crippen molar-refractivity contribution in [3.05, 3.63) is 30.1 Å². The zero-order valence-electron chi connectivity index (χ0n) is 11.3. The molecule has 19 heavy (non-hydrogen) atoms.